The van der Waals surface area contributed by atoms with Gasteiger partial charge in [-0.15, -0.1) is 12.8 Å². The van der Waals surface area contributed by atoms with Crippen molar-refractivity contribution in [3.8, 4) is 24.7 Å². The summed E-state index contributed by atoms with van der Waals surface area (Å²) in [5.41, 5.74) is 4.26. The number of carbonyl (C=O) groups is 3. The minimum atomic E-state index is -1.16. The van der Waals surface area contributed by atoms with Gasteiger partial charge in [0.15, 0.2) is 34.0 Å². The van der Waals surface area contributed by atoms with Crippen LogP contribution in [0.2, 0.25) is 0 Å². The minimum Gasteiger partial charge on any atom is -0.451 e. The Morgan fingerprint density at radius 1 is 0.806 bits per heavy atom. The molecule has 2 N–H and O–H groups in total. The predicted octanol–water partition coefficient (Wildman–Crippen LogP) is 8.49. The van der Waals surface area contributed by atoms with Crippen LogP contribution in [0.25, 0.3) is 22.3 Å². The molecule has 2 aliphatic heterocycles. The van der Waals surface area contributed by atoms with Gasteiger partial charge in [-0.3, -0.25) is 9.13 Å². The average Bonchev–Trinajstić information content (AvgIpc) is 3.94. The van der Waals surface area contributed by atoms with Crippen LogP contribution in [0, 0.1) is 48.7 Å². The summed E-state index contributed by atoms with van der Waals surface area (Å²) in [5, 5.41) is 0. The molecule has 0 bridgehead atoms. The van der Waals surface area contributed by atoms with Crippen molar-refractivity contribution in [2.75, 3.05) is 10.6 Å². The van der Waals surface area contributed by atoms with E-state index in [-0.39, 0.29) is 48.6 Å². The summed E-state index contributed by atoms with van der Waals surface area (Å²) < 4.78 is 58.0. The van der Waals surface area contributed by atoms with Crippen LogP contribution >= 0.6 is 11.6 Å². The molecule has 0 radical (unpaired) electrons. The number of carbonyl (C=O) groups excluding carboxylic acids is 3. The molecule has 21 heteroatoms. The Labute approximate surface area is 364 Å². The van der Waals surface area contributed by atoms with Crippen molar-refractivity contribution >= 4 is 63.2 Å². The van der Waals surface area contributed by atoms with Crippen LogP contribution in [0.5, 0.6) is 0 Å². The fourth-order valence-corrected chi connectivity index (χ4v) is 7.04. The monoisotopic (exact) mass is 888 g/mol. The summed E-state index contributed by atoms with van der Waals surface area (Å²) in [4.78, 5) is 59.0. The van der Waals surface area contributed by atoms with Crippen LogP contribution in [-0.4, -0.2) is 86.2 Å². The number of imide groups is 1. The Morgan fingerprint density at radius 2 is 1.21 bits per heavy atom. The van der Waals surface area contributed by atoms with Gasteiger partial charge < -0.3 is 29.4 Å². The Hall–Kier alpha value is -5.70. The Morgan fingerprint density at radius 3 is 1.56 bits per heavy atom. The van der Waals surface area contributed by atoms with Gasteiger partial charge in [-0.25, -0.2) is 24.4 Å². The van der Waals surface area contributed by atoms with Crippen molar-refractivity contribution in [2.45, 2.75) is 144 Å². The van der Waals surface area contributed by atoms with Gasteiger partial charge in [-0.05, 0) is 67.2 Å². The number of imidazole rings is 2. The summed E-state index contributed by atoms with van der Waals surface area (Å²) in [6.45, 7) is 17.9. The van der Waals surface area contributed by atoms with E-state index in [0.29, 0.717) is 41.7 Å². The van der Waals surface area contributed by atoms with Gasteiger partial charge in [0, 0.05) is 23.4 Å². The first-order valence-corrected chi connectivity index (χ1v) is 20.0. The second-order valence-electron chi connectivity index (χ2n) is 15.1. The van der Waals surface area contributed by atoms with Crippen molar-refractivity contribution in [1.29, 1.82) is 0 Å². The van der Waals surface area contributed by atoms with E-state index in [1.54, 1.807) is 46.1 Å². The zero-order valence-corrected chi connectivity index (χ0v) is 36.4. The molecule has 6 atom stereocenters. The summed E-state index contributed by atoms with van der Waals surface area (Å²) >= 11 is 4.81. The van der Waals surface area contributed by atoms with Crippen molar-refractivity contribution in [3.05, 3.63) is 24.8 Å². The molecule has 6 heterocycles. The quantitative estimate of drug-likeness (QED) is 0.0760. The third-order valence-electron chi connectivity index (χ3n) is 9.93. The van der Waals surface area contributed by atoms with Gasteiger partial charge in [-0.1, -0.05) is 47.0 Å². The van der Waals surface area contributed by atoms with Gasteiger partial charge in [0.05, 0.1) is 31.0 Å². The number of fused-ring (bicyclic) bond motifs is 2. The number of hydrogen-bond donors (Lipinski definition) is 1. The average molecular weight is 889 g/mol. The molecule has 0 saturated carbocycles. The number of halogens is 3. The van der Waals surface area contributed by atoms with E-state index in [1.165, 1.54) is 17.2 Å². The topological polar surface area (TPSA) is 214 Å². The first kappa shape index (κ1) is 50.7. The molecule has 338 valence electrons. The van der Waals surface area contributed by atoms with Crippen LogP contribution in [0.3, 0.4) is 0 Å². The molecule has 0 aromatic carbocycles. The molecule has 2 amide bonds. The molecule has 62 heavy (non-hydrogen) atoms. The number of ether oxygens (including phenoxy) is 5. The molecular formula is C41H55ClF2N10O8. The lowest BCUT2D eigenvalue weighted by Crippen LogP contribution is -2.41. The molecule has 0 aliphatic carbocycles. The van der Waals surface area contributed by atoms with E-state index < -0.39 is 65.2 Å². The molecule has 6 rings (SSSR count). The van der Waals surface area contributed by atoms with Crippen molar-refractivity contribution < 1.29 is 46.8 Å². The lowest BCUT2D eigenvalue weighted by molar-refractivity contribution is -0.0467. The predicted molar refractivity (Wildman–Crippen MR) is 226 cm³/mol. The molecule has 0 unspecified atom stereocenters. The standard InChI is InChI=1S/C22H28FN5O5.C14H16FN5O.C4H7ClO2.CH4/c1-8-22(9-2)14(7)10-15(33-22)27-11-24-16-17(27)25-19(23)26-18(16)28(20(29)31-12(3)4)21(30)32-13(5)6;1-4-14(5-2)8(3)6-9(21-14)20-7-17-10-11(16)18-13(15)19-12(10)20;1-3(2)7-4(5)6;/h1,11-15H,9-10H2,2-7H3;1,7-9H,5-6H2,2-3H3,(H2,16,18,19);3H,1-2H3;1H4/t14-,15+,22+;8-,9+,14+;;/m00../s1. The fraction of sp³-hybridized carbons (Fsp3) is 0.585. The highest BCUT2D eigenvalue weighted by atomic mass is 35.5. The second kappa shape index (κ2) is 20.9. The maximum absolute atomic E-state index is 14.5. The number of nitrogens with two attached hydrogens (primary N) is 1. The number of amides is 2. The van der Waals surface area contributed by atoms with E-state index in [9.17, 15) is 23.2 Å². The highest BCUT2D eigenvalue weighted by Crippen LogP contribution is 2.45. The molecule has 4 aromatic heterocycles. The maximum Gasteiger partial charge on any atom is 0.425 e. The fourth-order valence-electron chi connectivity index (χ4n) is 6.87. The minimum absolute atomic E-state index is 0. The largest absolute Gasteiger partial charge is 0.451 e. The van der Waals surface area contributed by atoms with Crippen molar-refractivity contribution in [3.63, 3.8) is 0 Å². The van der Waals surface area contributed by atoms with Crippen LogP contribution in [0.4, 0.5) is 34.8 Å². The number of anilines is 2. The number of hydrogen-bond acceptors (Lipinski definition) is 15. The van der Waals surface area contributed by atoms with Crippen LogP contribution < -0.4 is 10.6 Å². The molecule has 2 aliphatic rings. The van der Waals surface area contributed by atoms with Gasteiger partial charge in [0.2, 0.25) is 0 Å². The zero-order chi connectivity index (χ0) is 45.6. The van der Waals surface area contributed by atoms with Crippen LogP contribution in [0.15, 0.2) is 12.7 Å². The highest BCUT2D eigenvalue weighted by molar-refractivity contribution is 6.61. The van der Waals surface area contributed by atoms with E-state index in [4.69, 9.17) is 49.1 Å². The van der Waals surface area contributed by atoms with E-state index in [2.05, 4.69) is 46.5 Å². The first-order chi connectivity index (χ1) is 28.7. The number of aromatic nitrogens is 8. The highest BCUT2D eigenvalue weighted by Gasteiger charge is 2.46. The van der Waals surface area contributed by atoms with Crippen molar-refractivity contribution in [2.24, 2.45) is 11.8 Å². The number of terminal acetylenes is 2. The second-order valence-corrected chi connectivity index (χ2v) is 15.4. The molecule has 4 aromatic rings. The van der Waals surface area contributed by atoms with Gasteiger partial charge in [0.25, 0.3) is 0 Å². The molecule has 2 saturated heterocycles. The lowest BCUT2D eigenvalue weighted by Gasteiger charge is -2.25. The third-order valence-corrected chi connectivity index (χ3v) is 10.0. The van der Waals surface area contributed by atoms with E-state index in [1.807, 2.05) is 27.7 Å². The zero-order valence-electron chi connectivity index (χ0n) is 35.7. The number of nitrogen functional groups attached to an aromatic ring is 1. The summed E-state index contributed by atoms with van der Waals surface area (Å²) in [6.07, 6.45) is 10.5. The van der Waals surface area contributed by atoms with Gasteiger partial charge >= 0.3 is 29.8 Å². The smallest absolute Gasteiger partial charge is 0.425 e. The summed E-state index contributed by atoms with van der Waals surface area (Å²) in [7, 11) is 0. The Kier molecular flexibility index (Phi) is 17.1. The van der Waals surface area contributed by atoms with E-state index >= 15 is 0 Å². The molecule has 18 nitrogen and oxygen atoms in total. The third kappa shape index (κ3) is 11.0. The van der Waals surface area contributed by atoms with Crippen molar-refractivity contribution in [1.82, 2.24) is 39.0 Å². The lowest BCUT2D eigenvalue weighted by atomic mass is 9.87. The number of rotatable bonds is 8. The summed E-state index contributed by atoms with van der Waals surface area (Å²) in [5.74, 6) is 5.31. The Balaban J connectivity index is 0.000000300. The molecule has 2 fully saturated rings. The SMILES string of the molecule is C.C#C[C@]1(CC)O[C@@H](n2cnc3c(N(C(=O)OC(C)C)C(=O)OC(C)C)nc(F)nc32)C[C@@H]1C.C#C[C@]1(CC)O[C@@H](n2cnc3c(N)nc(F)nc32)C[C@@H]1C.CC(C)OC(=O)Cl. The first-order valence-electron chi connectivity index (χ1n) is 19.6. The summed E-state index contributed by atoms with van der Waals surface area (Å²) in [6, 6.07) is 0. The van der Waals surface area contributed by atoms with Crippen LogP contribution in [0.1, 0.15) is 115 Å². The van der Waals surface area contributed by atoms with Crippen LogP contribution in [-0.2, 0) is 23.7 Å². The Bertz CT molecular complexity index is 2290. The normalized spacial score (nSPS) is 22.8. The molecular weight excluding hydrogens is 834 g/mol. The van der Waals surface area contributed by atoms with Gasteiger partial charge in [-0.2, -0.15) is 33.6 Å². The molecule has 0 spiro atoms. The number of nitrogens with zero attached hydrogens (tertiary/aromatic N) is 9. The van der Waals surface area contributed by atoms with Gasteiger partial charge in [0.1, 0.15) is 23.7 Å². The van der Waals surface area contributed by atoms with E-state index in [0.717, 1.165) is 0 Å². The maximum atomic E-state index is 14.5.